The van der Waals surface area contributed by atoms with E-state index >= 15 is 0 Å². The first-order valence-electron chi connectivity index (χ1n) is 5.28. The molecule has 0 aromatic heterocycles. The Labute approximate surface area is 99.6 Å². The van der Waals surface area contributed by atoms with Crippen molar-refractivity contribution in [1.29, 1.82) is 0 Å². The van der Waals surface area contributed by atoms with Crippen LogP contribution in [0.3, 0.4) is 0 Å². The van der Waals surface area contributed by atoms with Gasteiger partial charge in [0.2, 0.25) is 0 Å². The zero-order chi connectivity index (χ0) is 11.7. The molecule has 86 valence electrons. The summed E-state index contributed by atoms with van der Waals surface area (Å²) >= 11 is 5.90. The molecule has 0 spiro atoms. The van der Waals surface area contributed by atoms with Crippen LogP contribution >= 0.6 is 11.6 Å². The van der Waals surface area contributed by atoms with Gasteiger partial charge in [0.1, 0.15) is 0 Å². The van der Waals surface area contributed by atoms with Gasteiger partial charge >= 0.3 is 0 Å². The van der Waals surface area contributed by atoms with E-state index in [0.29, 0.717) is 23.7 Å². The fourth-order valence-corrected chi connectivity index (χ4v) is 1.93. The van der Waals surface area contributed by atoms with Crippen LogP contribution in [-0.2, 0) is 0 Å². The number of nitrogens with zero attached hydrogens (tertiary/aromatic N) is 1. The van der Waals surface area contributed by atoms with Crippen molar-refractivity contribution in [1.82, 2.24) is 4.90 Å². The van der Waals surface area contributed by atoms with E-state index in [2.05, 4.69) is 0 Å². The van der Waals surface area contributed by atoms with Gasteiger partial charge < -0.3 is 10.0 Å². The number of aryl methyl sites for hydroxylation is 1. The van der Waals surface area contributed by atoms with Crippen molar-refractivity contribution in [2.45, 2.75) is 6.92 Å². The summed E-state index contributed by atoms with van der Waals surface area (Å²) in [5.41, 5.74) is 1.57. The summed E-state index contributed by atoms with van der Waals surface area (Å²) in [4.78, 5) is 13.7. The summed E-state index contributed by atoms with van der Waals surface area (Å²) in [5.74, 6) is 0.266. The minimum Gasteiger partial charge on any atom is -0.396 e. The van der Waals surface area contributed by atoms with Gasteiger partial charge in [-0.05, 0) is 30.7 Å². The number of halogens is 1. The van der Waals surface area contributed by atoms with Crippen LogP contribution in [0, 0.1) is 12.8 Å². The Morgan fingerprint density at radius 2 is 2.25 bits per heavy atom. The van der Waals surface area contributed by atoms with Crippen molar-refractivity contribution in [3.8, 4) is 0 Å². The number of carbonyl (C=O) groups excluding carboxylic acids is 1. The molecule has 2 rings (SSSR count). The lowest BCUT2D eigenvalue weighted by Crippen LogP contribution is -2.51. The molecule has 0 unspecified atom stereocenters. The number of likely N-dealkylation sites (tertiary alicyclic amines) is 1. The predicted octanol–water partition coefficient (Wildman–Crippen LogP) is 1.71. The molecule has 0 radical (unpaired) electrons. The van der Waals surface area contributed by atoms with Gasteiger partial charge in [0, 0.05) is 36.2 Å². The second kappa shape index (κ2) is 4.44. The van der Waals surface area contributed by atoms with E-state index in [0.717, 1.165) is 5.56 Å². The Morgan fingerprint density at radius 1 is 1.56 bits per heavy atom. The number of hydrogen-bond donors (Lipinski definition) is 1. The monoisotopic (exact) mass is 239 g/mol. The molecule has 1 aromatic carbocycles. The van der Waals surface area contributed by atoms with Gasteiger partial charge in [-0.1, -0.05) is 11.6 Å². The molecular weight excluding hydrogens is 226 g/mol. The molecule has 1 saturated heterocycles. The highest BCUT2D eigenvalue weighted by atomic mass is 35.5. The average molecular weight is 240 g/mol. The number of benzene rings is 1. The SMILES string of the molecule is Cc1cc(C(=O)N2CC(CO)C2)ccc1Cl. The van der Waals surface area contributed by atoms with Gasteiger partial charge in [0.15, 0.2) is 0 Å². The minimum absolute atomic E-state index is 0.0180. The van der Waals surface area contributed by atoms with Crippen molar-refractivity contribution in [2.75, 3.05) is 19.7 Å². The molecular formula is C12H14ClNO2. The van der Waals surface area contributed by atoms with Crippen LogP contribution in [0.4, 0.5) is 0 Å². The first kappa shape index (κ1) is 11.4. The standard InChI is InChI=1S/C12H14ClNO2/c1-8-4-10(2-3-11(8)13)12(16)14-5-9(6-14)7-15/h2-4,9,15H,5-7H2,1H3. The molecule has 16 heavy (non-hydrogen) atoms. The molecule has 1 N–H and O–H groups in total. The van der Waals surface area contributed by atoms with Crippen LogP contribution in [0.2, 0.25) is 5.02 Å². The molecule has 1 amide bonds. The highest BCUT2D eigenvalue weighted by Crippen LogP contribution is 2.21. The Bertz CT molecular complexity index is 413. The molecule has 1 heterocycles. The second-order valence-corrected chi connectivity index (χ2v) is 4.63. The predicted molar refractivity (Wildman–Crippen MR) is 62.7 cm³/mol. The van der Waals surface area contributed by atoms with Gasteiger partial charge in [-0.2, -0.15) is 0 Å². The number of carbonyl (C=O) groups is 1. The van der Waals surface area contributed by atoms with Crippen LogP contribution in [0.15, 0.2) is 18.2 Å². The third-order valence-corrected chi connectivity index (χ3v) is 3.33. The summed E-state index contributed by atoms with van der Waals surface area (Å²) in [5, 5.41) is 9.56. The molecule has 1 aromatic rings. The maximum Gasteiger partial charge on any atom is 0.253 e. The van der Waals surface area contributed by atoms with Crippen LogP contribution in [-0.4, -0.2) is 35.6 Å². The van der Waals surface area contributed by atoms with Crippen LogP contribution in [0.1, 0.15) is 15.9 Å². The van der Waals surface area contributed by atoms with Crippen molar-refractivity contribution < 1.29 is 9.90 Å². The normalized spacial score (nSPS) is 16.1. The molecule has 4 heteroatoms. The summed E-state index contributed by atoms with van der Waals surface area (Å²) in [6.07, 6.45) is 0. The van der Waals surface area contributed by atoms with Crippen molar-refractivity contribution in [3.05, 3.63) is 34.3 Å². The fraction of sp³-hybridized carbons (Fsp3) is 0.417. The fourth-order valence-electron chi connectivity index (χ4n) is 1.81. The average Bonchev–Trinajstić information content (AvgIpc) is 2.20. The Balaban J connectivity index is 2.07. The Kier molecular flexibility index (Phi) is 3.17. The van der Waals surface area contributed by atoms with Gasteiger partial charge in [0.05, 0.1) is 0 Å². The zero-order valence-corrected chi connectivity index (χ0v) is 9.87. The van der Waals surface area contributed by atoms with E-state index in [-0.39, 0.29) is 18.4 Å². The number of rotatable bonds is 2. The third kappa shape index (κ3) is 2.06. The maximum absolute atomic E-state index is 12.0. The van der Waals surface area contributed by atoms with E-state index in [1.165, 1.54) is 0 Å². The molecule has 0 atom stereocenters. The smallest absolute Gasteiger partial charge is 0.253 e. The summed E-state index contributed by atoms with van der Waals surface area (Å²) in [6, 6.07) is 5.29. The first-order chi connectivity index (χ1) is 7.61. The Hall–Kier alpha value is -1.06. The van der Waals surface area contributed by atoms with E-state index < -0.39 is 0 Å². The van der Waals surface area contributed by atoms with E-state index in [4.69, 9.17) is 16.7 Å². The number of amides is 1. The second-order valence-electron chi connectivity index (χ2n) is 4.22. The van der Waals surface area contributed by atoms with Crippen LogP contribution < -0.4 is 0 Å². The van der Waals surface area contributed by atoms with Crippen LogP contribution in [0.5, 0.6) is 0 Å². The number of hydrogen-bond acceptors (Lipinski definition) is 2. The summed E-state index contributed by atoms with van der Waals surface area (Å²) in [6.45, 7) is 3.34. The highest BCUT2D eigenvalue weighted by Gasteiger charge is 2.30. The third-order valence-electron chi connectivity index (χ3n) is 2.91. The van der Waals surface area contributed by atoms with Crippen molar-refractivity contribution in [3.63, 3.8) is 0 Å². The molecule has 0 aliphatic carbocycles. The molecule has 1 aliphatic heterocycles. The molecule has 1 fully saturated rings. The molecule has 3 nitrogen and oxygen atoms in total. The van der Waals surface area contributed by atoms with E-state index in [9.17, 15) is 4.79 Å². The van der Waals surface area contributed by atoms with Gasteiger partial charge in [-0.25, -0.2) is 0 Å². The Morgan fingerprint density at radius 3 is 2.81 bits per heavy atom. The number of aliphatic hydroxyl groups excluding tert-OH is 1. The van der Waals surface area contributed by atoms with Crippen molar-refractivity contribution in [2.24, 2.45) is 5.92 Å². The van der Waals surface area contributed by atoms with Crippen LogP contribution in [0.25, 0.3) is 0 Å². The van der Waals surface area contributed by atoms with Crippen molar-refractivity contribution >= 4 is 17.5 Å². The largest absolute Gasteiger partial charge is 0.396 e. The van der Waals surface area contributed by atoms with Gasteiger partial charge in [-0.15, -0.1) is 0 Å². The molecule has 0 bridgehead atoms. The minimum atomic E-state index is 0.0180. The van der Waals surface area contributed by atoms with Gasteiger partial charge in [-0.3, -0.25) is 4.79 Å². The summed E-state index contributed by atoms with van der Waals surface area (Å²) in [7, 11) is 0. The first-order valence-corrected chi connectivity index (χ1v) is 5.66. The molecule has 0 saturated carbocycles. The topological polar surface area (TPSA) is 40.5 Å². The lowest BCUT2D eigenvalue weighted by Gasteiger charge is -2.38. The lowest BCUT2D eigenvalue weighted by molar-refractivity contribution is 0.0362. The highest BCUT2D eigenvalue weighted by molar-refractivity contribution is 6.31. The maximum atomic E-state index is 12.0. The molecule has 1 aliphatic rings. The van der Waals surface area contributed by atoms with E-state index in [1.54, 1.807) is 23.1 Å². The zero-order valence-electron chi connectivity index (χ0n) is 9.11. The van der Waals surface area contributed by atoms with E-state index in [1.807, 2.05) is 6.92 Å². The van der Waals surface area contributed by atoms with Gasteiger partial charge in [0.25, 0.3) is 5.91 Å². The summed E-state index contributed by atoms with van der Waals surface area (Å²) < 4.78 is 0. The lowest BCUT2D eigenvalue weighted by atomic mass is 9.99. The number of aliphatic hydroxyl groups is 1. The quantitative estimate of drug-likeness (QED) is 0.854.